The van der Waals surface area contributed by atoms with Crippen LogP contribution in [0.15, 0.2) is 45.3 Å². The van der Waals surface area contributed by atoms with E-state index in [9.17, 15) is 34.8 Å². The van der Waals surface area contributed by atoms with E-state index in [2.05, 4.69) is 31.9 Å². The van der Waals surface area contributed by atoms with Crippen molar-refractivity contribution in [1.82, 2.24) is 4.90 Å². The Kier molecular flexibility index (Phi) is 8.76. The van der Waals surface area contributed by atoms with Crippen LogP contribution in [0.3, 0.4) is 0 Å². The first-order valence-corrected chi connectivity index (χ1v) is 12.0. The summed E-state index contributed by atoms with van der Waals surface area (Å²) in [4.78, 5) is 26.5. The van der Waals surface area contributed by atoms with Crippen molar-refractivity contribution in [3.05, 3.63) is 56.5 Å². The monoisotopic (exact) mass is 581 g/mol. The minimum Gasteiger partial charge on any atom is -0.480 e. The van der Waals surface area contributed by atoms with Gasteiger partial charge in [-0.2, -0.15) is 0 Å². The van der Waals surface area contributed by atoms with Gasteiger partial charge in [-0.25, -0.2) is 0 Å². The van der Waals surface area contributed by atoms with Crippen molar-refractivity contribution in [2.75, 3.05) is 6.54 Å². The second kappa shape index (κ2) is 11.2. The van der Waals surface area contributed by atoms with Crippen LogP contribution in [0.25, 0.3) is 0 Å². The smallest absolute Gasteiger partial charge is 0.480 e. The van der Waals surface area contributed by atoms with Crippen molar-refractivity contribution in [2.45, 2.75) is 37.6 Å². The van der Waals surface area contributed by atoms with Gasteiger partial charge in [0, 0.05) is 26.5 Å². The molecule has 2 aromatic rings. The van der Waals surface area contributed by atoms with Crippen LogP contribution in [0.2, 0.25) is 0 Å². The molecule has 0 spiro atoms. The maximum absolute atomic E-state index is 13.5. The molecule has 1 saturated carbocycles. The van der Waals surface area contributed by atoms with Crippen LogP contribution in [-0.4, -0.2) is 68.8 Å². The SMILES string of the molecule is O=C(O)CN(C(=O)c1cc(Br)cc(B(O)O)c1)C1CCCCC1c1cc(Br)cc(B(O)O)c1. The number of rotatable bonds is 7. The molecule has 2 aromatic carbocycles. The van der Waals surface area contributed by atoms with E-state index < -0.39 is 38.7 Å². The number of aliphatic carboxylic acids is 1. The van der Waals surface area contributed by atoms with Gasteiger partial charge in [0.2, 0.25) is 0 Å². The van der Waals surface area contributed by atoms with Crippen LogP contribution in [0.5, 0.6) is 0 Å². The predicted octanol–water partition coefficient (Wildman–Crippen LogP) is 0.824. The third kappa shape index (κ3) is 6.46. The first kappa shape index (κ1) is 25.9. The molecule has 12 heteroatoms. The second-order valence-corrected chi connectivity index (χ2v) is 9.95. The fraction of sp³-hybridized carbons (Fsp3) is 0.333. The molecule has 8 nitrogen and oxygen atoms in total. The number of hydrogen-bond acceptors (Lipinski definition) is 6. The largest absolute Gasteiger partial charge is 0.488 e. The summed E-state index contributed by atoms with van der Waals surface area (Å²) in [6.07, 6.45) is 2.98. The molecule has 33 heavy (non-hydrogen) atoms. The lowest BCUT2D eigenvalue weighted by Crippen LogP contribution is -2.48. The van der Waals surface area contributed by atoms with Crippen molar-refractivity contribution < 1.29 is 34.8 Å². The average Bonchev–Trinajstić information content (AvgIpc) is 2.76. The van der Waals surface area contributed by atoms with E-state index in [1.807, 2.05) is 6.07 Å². The van der Waals surface area contributed by atoms with Crippen molar-refractivity contribution >= 4 is 68.9 Å². The normalized spacial score (nSPS) is 18.0. The molecule has 1 fully saturated rings. The van der Waals surface area contributed by atoms with Gasteiger partial charge < -0.3 is 30.1 Å². The molecular formula is C21H23B2Br2NO7. The lowest BCUT2D eigenvalue weighted by Gasteiger charge is -2.40. The molecule has 0 bridgehead atoms. The van der Waals surface area contributed by atoms with Gasteiger partial charge in [-0.15, -0.1) is 0 Å². The number of hydrogen-bond donors (Lipinski definition) is 5. The van der Waals surface area contributed by atoms with Gasteiger partial charge in [-0.05, 0) is 59.7 Å². The van der Waals surface area contributed by atoms with E-state index >= 15 is 0 Å². The number of carboxylic acids is 1. The first-order chi connectivity index (χ1) is 15.6. The lowest BCUT2D eigenvalue weighted by molar-refractivity contribution is -0.138. The highest BCUT2D eigenvalue weighted by molar-refractivity contribution is 9.10. The summed E-state index contributed by atoms with van der Waals surface area (Å²) >= 11 is 6.65. The van der Waals surface area contributed by atoms with E-state index in [0.29, 0.717) is 27.2 Å². The van der Waals surface area contributed by atoms with Gasteiger partial charge in [0.1, 0.15) is 6.54 Å². The third-order valence-corrected chi connectivity index (χ3v) is 6.75. The van der Waals surface area contributed by atoms with Gasteiger partial charge >= 0.3 is 20.2 Å². The number of benzene rings is 2. The molecule has 2 atom stereocenters. The molecule has 1 aliphatic carbocycles. The number of nitrogens with zero attached hydrogens (tertiary/aromatic N) is 1. The minimum absolute atomic E-state index is 0.108. The Morgan fingerprint density at radius 1 is 0.879 bits per heavy atom. The van der Waals surface area contributed by atoms with Crippen molar-refractivity contribution in [3.8, 4) is 0 Å². The summed E-state index contributed by atoms with van der Waals surface area (Å²) in [7, 11) is -3.44. The zero-order chi connectivity index (χ0) is 24.3. The quantitative estimate of drug-likeness (QED) is 0.305. The van der Waals surface area contributed by atoms with Crippen molar-refractivity contribution in [3.63, 3.8) is 0 Å². The average molecular weight is 583 g/mol. The molecule has 1 amide bonds. The van der Waals surface area contributed by atoms with E-state index in [1.165, 1.54) is 23.1 Å². The number of halogens is 2. The Bertz CT molecular complexity index is 1040. The molecule has 5 N–H and O–H groups in total. The Morgan fingerprint density at radius 2 is 1.45 bits per heavy atom. The molecule has 0 aromatic heterocycles. The molecule has 174 valence electrons. The fourth-order valence-corrected chi connectivity index (χ4v) is 5.45. The molecule has 3 rings (SSSR count). The maximum atomic E-state index is 13.5. The van der Waals surface area contributed by atoms with E-state index in [1.54, 1.807) is 12.1 Å². The lowest BCUT2D eigenvalue weighted by atomic mass is 9.74. The van der Waals surface area contributed by atoms with Crippen LogP contribution in [0.1, 0.15) is 47.5 Å². The summed E-state index contributed by atoms with van der Waals surface area (Å²) in [6.45, 7) is -0.521. The number of carbonyl (C=O) groups is 2. The van der Waals surface area contributed by atoms with Gasteiger partial charge in [-0.3, -0.25) is 9.59 Å². The Balaban J connectivity index is 2.03. The van der Waals surface area contributed by atoms with Crippen LogP contribution < -0.4 is 10.9 Å². The first-order valence-electron chi connectivity index (χ1n) is 10.4. The maximum Gasteiger partial charge on any atom is 0.488 e. The topological polar surface area (TPSA) is 139 Å². The van der Waals surface area contributed by atoms with Crippen LogP contribution in [0, 0.1) is 0 Å². The van der Waals surface area contributed by atoms with E-state index in [0.717, 1.165) is 18.4 Å². The number of carbonyl (C=O) groups excluding carboxylic acids is 1. The molecular weight excluding hydrogens is 560 g/mol. The zero-order valence-corrected chi connectivity index (χ0v) is 20.7. The van der Waals surface area contributed by atoms with E-state index in [-0.39, 0.29) is 16.9 Å². The molecule has 2 unspecified atom stereocenters. The predicted molar refractivity (Wildman–Crippen MR) is 132 cm³/mol. The number of carboxylic acid groups (broad SMARTS) is 1. The third-order valence-electron chi connectivity index (χ3n) is 5.83. The summed E-state index contributed by atoms with van der Waals surface area (Å²) < 4.78 is 1.11. The van der Waals surface area contributed by atoms with Gasteiger partial charge in [0.25, 0.3) is 5.91 Å². The minimum atomic E-state index is -1.78. The highest BCUT2D eigenvalue weighted by Crippen LogP contribution is 2.37. The fourth-order valence-electron chi connectivity index (χ4n) is 4.41. The standard InChI is InChI=1S/C21H23B2Br2NO7/c24-16-7-12(5-14(9-16)22(30)31)18-3-1-2-4-19(18)26(11-20(27)28)21(29)13-6-15(23(32)33)10-17(25)8-13/h5-10,18-19,30-33H,1-4,11H2,(H,27,28). The highest BCUT2D eigenvalue weighted by atomic mass is 79.9. The van der Waals surface area contributed by atoms with Crippen LogP contribution in [-0.2, 0) is 4.79 Å². The molecule has 1 aliphatic rings. The number of amides is 1. The van der Waals surface area contributed by atoms with Crippen molar-refractivity contribution in [2.24, 2.45) is 0 Å². The second-order valence-electron chi connectivity index (χ2n) is 8.12. The molecule has 0 heterocycles. The molecule has 0 aliphatic heterocycles. The molecule has 0 saturated heterocycles. The Hall–Kier alpha value is -1.69. The molecule has 0 radical (unpaired) electrons. The Morgan fingerprint density at radius 3 is 2.06 bits per heavy atom. The van der Waals surface area contributed by atoms with Crippen LogP contribution >= 0.6 is 31.9 Å². The highest BCUT2D eigenvalue weighted by Gasteiger charge is 2.36. The summed E-state index contributed by atoms with van der Waals surface area (Å²) in [5, 5.41) is 48.0. The van der Waals surface area contributed by atoms with E-state index in [4.69, 9.17) is 0 Å². The van der Waals surface area contributed by atoms with Gasteiger partial charge in [0.15, 0.2) is 0 Å². The van der Waals surface area contributed by atoms with Crippen molar-refractivity contribution in [1.29, 1.82) is 0 Å². The van der Waals surface area contributed by atoms with Crippen LogP contribution in [0.4, 0.5) is 0 Å². The summed E-state index contributed by atoms with van der Waals surface area (Å²) in [5.74, 6) is -1.91. The Labute approximate surface area is 208 Å². The zero-order valence-electron chi connectivity index (χ0n) is 17.6. The van der Waals surface area contributed by atoms with Gasteiger partial charge in [0.05, 0.1) is 0 Å². The summed E-state index contributed by atoms with van der Waals surface area (Å²) in [6, 6.07) is 8.98. The summed E-state index contributed by atoms with van der Waals surface area (Å²) in [5.41, 5.74) is 1.32. The van der Waals surface area contributed by atoms with Gasteiger partial charge in [-0.1, -0.05) is 50.8 Å².